The van der Waals surface area contributed by atoms with Crippen molar-refractivity contribution in [3.8, 4) is 0 Å². The molecule has 0 bridgehead atoms. The molecule has 0 atom stereocenters. The second-order valence-electron chi connectivity index (χ2n) is 5.19. The second-order valence-corrected chi connectivity index (χ2v) is 6.03. The van der Waals surface area contributed by atoms with Gasteiger partial charge in [-0.15, -0.1) is 0 Å². The predicted octanol–water partition coefficient (Wildman–Crippen LogP) is 3.78. The molecule has 0 aliphatic rings. The molecule has 24 heavy (non-hydrogen) atoms. The minimum atomic E-state index is -0.371. The third kappa shape index (κ3) is 3.72. The predicted molar refractivity (Wildman–Crippen MR) is 95.4 cm³/mol. The number of carbonyl (C=O) groups excluding carboxylic acids is 1. The van der Waals surface area contributed by atoms with Crippen LogP contribution in [0.4, 0.5) is 10.5 Å². The maximum atomic E-state index is 11.9. The highest BCUT2D eigenvalue weighted by molar-refractivity contribution is 6.31. The minimum Gasteiger partial charge on any atom is -0.331 e. The van der Waals surface area contributed by atoms with Crippen LogP contribution in [-0.2, 0) is 6.54 Å². The van der Waals surface area contributed by atoms with Crippen LogP contribution in [0, 0.1) is 6.92 Å². The summed E-state index contributed by atoms with van der Waals surface area (Å²) in [7, 11) is 0. The van der Waals surface area contributed by atoms with Gasteiger partial charge in [-0.05, 0) is 36.8 Å². The van der Waals surface area contributed by atoms with Gasteiger partial charge in [0.2, 0.25) is 0 Å². The van der Waals surface area contributed by atoms with Crippen molar-refractivity contribution < 1.29 is 4.79 Å². The lowest BCUT2D eigenvalue weighted by Gasteiger charge is -2.12. The molecule has 3 aromatic rings. The molecular formula is C16H15Cl2N5O. The van der Waals surface area contributed by atoms with E-state index in [2.05, 4.69) is 21.2 Å². The number of benzene rings is 1. The van der Waals surface area contributed by atoms with Gasteiger partial charge in [0.15, 0.2) is 0 Å². The van der Waals surface area contributed by atoms with Gasteiger partial charge < -0.3 is 9.72 Å². The summed E-state index contributed by atoms with van der Waals surface area (Å²) in [6.07, 6.45) is 3.58. The zero-order valence-electron chi connectivity index (χ0n) is 12.8. The molecule has 6 nitrogen and oxygen atoms in total. The van der Waals surface area contributed by atoms with E-state index in [1.807, 2.05) is 29.7 Å². The van der Waals surface area contributed by atoms with Crippen LogP contribution in [0.3, 0.4) is 0 Å². The number of urea groups is 1. The van der Waals surface area contributed by atoms with Crippen molar-refractivity contribution in [3.05, 3.63) is 64.0 Å². The largest absolute Gasteiger partial charge is 0.333 e. The van der Waals surface area contributed by atoms with Crippen LogP contribution in [0.15, 0.2) is 42.7 Å². The van der Waals surface area contributed by atoms with Crippen molar-refractivity contribution in [3.63, 3.8) is 0 Å². The van der Waals surface area contributed by atoms with E-state index in [1.54, 1.807) is 24.4 Å². The zero-order valence-corrected chi connectivity index (χ0v) is 14.3. The van der Waals surface area contributed by atoms with Gasteiger partial charge in [0, 0.05) is 17.4 Å². The Morgan fingerprint density at radius 2 is 2.04 bits per heavy atom. The third-order valence-corrected chi connectivity index (χ3v) is 4.11. The first-order valence-corrected chi connectivity index (χ1v) is 7.96. The van der Waals surface area contributed by atoms with E-state index in [-0.39, 0.29) is 6.03 Å². The van der Waals surface area contributed by atoms with E-state index in [0.717, 1.165) is 22.6 Å². The number of hydrogen-bond donors (Lipinski definition) is 3. The summed E-state index contributed by atoms with van der Waals surface area (Å²) in [6, 6.07) is 8.63. The normalized spacial score (nSPS) is 10.6. The molecule has 0 spiro atoms. The smallest absolute Gasteiger partial charge is 0.331 e. The number of nitrogens with one attached hydrogen (secondary N) is 3. The highest BCUT2D eigenvalue weighted by Gasteiger charge is 2.06. The van der Waals surface area contributed by atoms with Crippen LogP contribution in [0.2, 0.25) is 10.0 Å². The SMILES string of the molecule is Cc1c(Cl)cccc1NNC(=O)NCc1cn2cc(Cl)ccc2n1. The molecule has 2 amide bonds. The molecule has 1 aromatic carbocycles. The van der Waals surface area contributed by atoms with E-state index in [4.69, 9.17) is 23.2 Å². The number of halogens is 2. The molecule has 0 saturated carbocycles. The van der Waals surface area contributed by atoms with E-state index < -0.39 is 0 Å². The maximum Gasteiger partial charge on any atom is 0.333 e. The molecule has 0 saturated heterocycles. The molecule has 8 heteroatoms. The van der Waals surface area contributed by atoms with Crippen molar-refractivity contribution in [1.82, 2.24) is 20.1 Å². The average Bonchev–Trinajstić information content (AvgIpc) is 2.96. The first-order chi connectivity index (χ1) is 11.5. The van der Waals surface area contributed by atoms with Crippen molar-refractivity contribution >= 4 is 40.6 Å². The first kappa shape index (κ1) is 16.4. The highest BCUT2D eigenvalue weighted by Crippen LogP contribution is 2.22. The molecule has 0 aliphatic heterocycles. The van der Waals surface area contributed by atoms with Gasteiger partial charge in [0.25, 0.3) is 0 Å². The summed E-state index contributed by atoms with van der Waals surface area (Å²) in [5.41, 5.74) is 8.49. The molecule has 2 aromatic heterocycles. The van der Waals surface area contributed by atoms with Gasteiger partial charge in [-0.25, -0.2) is 9.78 Å². The minimum absolute atomic E-state index is 0.293. The van der Waals surface area contributed by atoms with E-state index in [1.165, 1.54) is 0 Å². The lowest BCUT2D eigenvalue weighted by Crippen LogP contribution is -2.38. The second kappa shape index (κ2) is 6.98. The van der Waals surface area contributed by atoms with Crippen LogP contribution in [0.25, 0.3) is 5.65 Å². The lowest BCUT2D eigenvalue weighted by atomic mass is 10.2. The van der Waals surface area contributed by atoms with Crippen molar-refractivity contribution in [2.45, 2.75) is 13.5 Å². The van der Waals surface area contributed by atoms with Gasteiger partial charge in [-0.1, -0.05) is 29.3 Å². The van der Waals surface area contributed by atoms with Crippen molar-refractivity contribution in [2.75, 3.05) is 5.43 Å². The summed E-state index contributed by atoms with van der Waals surface area (Å²) >= 11 is 12.0. The number of hydrazine groups is 1. The molecule has 124 valence electrons. The molecule has 3 N–H and O–H groups in total. The summed E-state index contributed by atoms with van der Waals surface area (Å²) in [6.45, 7) is 2.16. The Labute approximate surface area is 148 Å². The molecule has 3 rings (SSSR count). The number of hydrogen-bond acceptors (Lipinski definition) is 3. The number of anilines is 1. The number of amides is 2. The molecule has 2 heterocycles. The Morgan fingerprint density at radius 1 is 1.21 bits per heavy atom. The van der Waals surface area contributed by atoms with Crippen LogP contribution in [0.1, 0.15) is 11.3 Å². The van der Waals surface area contributed by atoms with Gasteiger partial charge >= 0.3 is 6.03 Å². The molecule has 0 aliphatic carbocycles. The van der Waals surface area contributed by atoms with Gasteiger partial charge in [0.1, 0.15) is 5.65 Å². The van der Waals surface area contributed by atoms with Gasteiger partial charge in [0.05, 0.1) is 22.9 Å². The number of rotatable bonds is 4. The average molecular weight is 364 g/mol. The Balaban J connectivity index is 1.55. The summed E-state index contributed by atoms with van der Waals surface area (Å²) in [5, 5.41) is 3.98. The summed E-state index contributed by atoms with van der Waals surface area (Å²) < 4.78 is 1.81. The van der Waals surface area contributed by atoms with Crippen LogP contribution in [-0.4, -0.2) is 15.4 Å². The molecular weight excluding hydrogens is 349 g/mol. The Hall–Kier alpha value is -2.44. The summed E-state index contributed by atoms with van der Waals surface area (Å²) in [4.78, 5) is 16.3. The number of imidazole rings is 1. The quantitative estimate of drug-likeness (QED) is 0.617. The summed E-state index contributed by atoms with van der Waals surface area (Å²) in [5.74, 6) is 0. The van der Waals surface area contributed by atoms with Crippen LogP contribution in [0.5, 0.6) is 0 Å². The number of fused-ring (bicyclic) bond motifs is 1. The van der Waals surface area contributed by atoms with Crippen LogP contribution < -0.4 is 16.2 Å². The monoisotopic (exact) mass is 363 g/mol. The number of pyridine rings is 1. The number of nitrogens with zero attached hydrogens (tertiary/aromatic N) is 2. The number of aromatic nitrogens is 2. The fourth-order valence-corrected chi connectivity index (χ4v) is 2.53. The third-order valence-electron chi connectivity index (χ3n) is 3.47. The molecule has 0 radical (unpaired) electrons. The van der Waals surface area contributed by atoms with E-state index in [9.17, 15) is 4.79 Å². The van der Waals surface area contributed by atoms with E-state index >= 15 is 0 Å². The Bertz CT molecular complexity index is 893. The van der Waals surface area contributed by atoms with Gasteiger partial charge in [-0.3, -0.25) is 10.9 Å². The lowest BCUT2D eigenvalue weighted by molar-refractivity contribution is 0.242. The van der Waals surface area contributed by atoms with Gasteiger partial charge in [-0.2, -0.15) is 0 Å². The van der Waals surface area contributed by atoms with Crippen molar-refractivity contribution in [2.24, 2.45) is 0 Å². The maximum absolute atomic E-state index is 11.9. The van der Waals surface area contributed by atoms with Crippen molar-refractivity contribution in [1.29, 1.82) is 0 Å². The highest BCUT2D eigenvalue weighted by atomic mass is 35.5. The fourth-order valence-electron chi connectivity index (χ4n) is 2.18. The fraction of sp³-hybridized carbons (Fsp3) is 0.125. The molecule has 0 fully saturated rings. The van der Waals surface area contributed by atoms with Crippen LogP contribution >= 0.6 is 23.2 Å². The van der Waals surface area contributed by atoms with E-state index in [0.29, 0.717) is 16.6 Å². The first-order valence-electron chi connectivity index (χ1n) is 7.21. The Kier molecular flexibility index (Phi) is 4.78. The Morgan fingerprint density at radius 3 is 2.88 bits per heavy atom. The zero-order chi connectivity index (χ0) is 17.1. The number of carbonyl (C=O) groups is 1. The topological polar surface area (TPSA) is 70.5 Å². The standard InChI is InChI=1S/C16H15Cl2N5O/c1-10-13(18)3-2-4-14(10)21-22-16(24)19-7-12-9-23-8-11(17)5-6-15(23)20-12/h2-6,8-9,21H,7H2,1H3,(H2,19,22,24). The molecule has 0 unspecified atom stereocenters.